The number of hydrogen-bond donors (Lipinski definition) is 1. The summed E-state index contributed by atoms with van der Waals surface area (Å²) in [4.78, 5) is 34.3. The summed E-state index contributed by atoms with van der Waals surface area (Å²) in [5.41, 5.74) is 0.425. The Balaban J connectivity index is 1.57. The lowest BCUT2D eigenvalue weighted by Crippen LogP contribution is -2.49. The molecule has 7 heteroatoms. The van der Waals surface area contributed by atoms with Gasteiger partial charge in [0.15, 0.2) is 16.7 Å². The summed E-state index contributed by atoms with van der Waals surface area (Å²) in [5, 5.41) is 12.6. The molecule has 0 radical (unpaired) electrons. The number of carbonyl (C=O) groups is 1. The number of aryl methyl sites for hydroxylation is 2. The molecule has 0 spiro atoms. The van der Waals surface area contributed by atoms with Crippen molar-refractivity contribution in [1.29, 1.82) is 0 Å². The number of thioether (sulfide) groups is 1. The van der Waals surface area contributed by atoms with E-state index in [-0.39, 0.29) is 17.8 Å². The number of fused-ring (bicyclic) bond motifs is 4. The van der Waals surface area contributed by atoms with Crippen LogP contribution in [-0.2, 0) is 18.6 Å². The zero-order valence-corrected chi connectivity index (χ0v) is 20.2. The van der Waals surface area contributed by atoms with E-state index in [1.807, 2.05) is 48.5 Å². The molecule has 1 aliphatic carbocycles. The molecule has 2 atom stereocenters. The van der Waals surface area contributed by atoms with Gasteiger partial charge in [-0.15, -0.1) is 11.3 Å². The van der Waals surface area contributed by atoms with E-state index in [2.05, 4.69) is 0 Å². The molecular formula is C27H24N2O3S2. The van der Waals surface area contributed by atoms with Crippen LogP contribution in [0.4, 0.5) is 0 Å². The minimum atomic E-state index is -1.66. The van der Waals surface area contributed by atoms with Crippen LogP contribution in [-0.4, -0.2) is 25.7 Å². The quantitative estimate of drug-likeness (QED) is 0.245. The van der Waals surface area contributed by atoms with Crippen molar-refractivity contribution in [2.75, 3.05) is 0 Å². The zero-order chi connectivity index (χ0) is 23.3. The Bertz CT molecular complexity index is 1450. The second-order valence-corrected chi connectivity index (χ2v) is 11.3. The van der Waals surface area contributed by atoms with Gasteiger partial charge in [-0.25, -0.2) is 4.98 Å². The number of nitrogens with zero attached hydrogens (tertiary/aromatic N) is 2. The third-order valence-corrected chi connectivity index (χ3v) is 9.22. The minimum absolute atomic E-state index is 0.0671. The molecule has 4 aromatic rings. The van der Waals surface area contributed by atoms with E-state index in [1.165, 1.54) is 21.2 Å². The highest BCUT2D eigenvalue weighted by atomic mass is 32.2. The number of thiophene rings is 1. The second kappa shape index (κ2) is 8.48. The van der Waals surface area contributed by atoms with E-state index in [1.54, 1.807) is 23.5 Å². The van der Waals surface area contributed by atoms with Gasteiger partial charge in [-0.3, -0.25) is 14.2 Å². The maximum Gasteiger partial charge on any atom is 0.265 e. The van der Waals surface area contributed by atoms with Crippen molar-refractivity contribution in [1.82, 2.24) is 9.55 Å². The maximum absolute atomic E-state index is 14.0. The summed E-state index contributed by atoms with van der Waals surface area (Å²) < 4.78 is 1.45. The molecule has 2 aliphatic rings. The lowest BCUT2D eigenvalue weighted by atomic mass is 9.93. The van der Waals surface area contributed by atoms with E-state index < -0.39 is 11.0 Å². The SMILES string of the molecule is O=C(c1ccccc1)[C@H]1C[C@](O)(c2ccccc2)n2c(nc3sc4c(c3c2=O)CCCCC4)S1. The molecule has 2 aromatic heterocycles. The monoisotopic (exact) mass is 488 g/mol. The van der Waals surface area contributed by atoms with Gasteiger partial charge >= 0.3 is 0 Å². The predicted octanol–water partition coefficient (Wildman–Crippen LogP) is 5.17. The van der Waals surface area contributed by atoms with Crippen LogP contribution < -0.4 is 5.56 Å². The van der Waals surface area contributed by atoms with Crippen molar-refractivity contribution in [3.8, 4) is 0 Å². The van der Waals surface area contributed by atoms with Gasteiger partial charge in [0.05, 0.1) is 10.6 Å². The van der Waals surface area contributed by atoms with Crippen molar-refractivity contribution < 1.29 is 9.90 Å². The molecule has 3 heterocycles. The summed E-state index contributed by atoms with van der Waals surface area (Å²) >= 11 is 2.88. The van der Waals surface area contributed by atoms with E-state index in [9.17, 15) is 14.7 Å². The number of aliphatic hydroxyl groups is 1. The molecular weight excluding hydrogens is 464 g/mol. The largest absolute Gasteiger partial charge is 0.366 e. The summed E-state index contributed by atoms with van der Waals surface area (Å²) in [6, 6.07) is 18.3. The number of hydrogen-bond acceptors (Lipinski definition) is 6. The highest BCUT2D eigenvalue weighted by Gasteiger charge is 2.45. The van der Waals surface area contributed by atoms with Crippen LogP contribution >= 0.6 is 23.1 Å². The van der Waals surface area contributed by atoms with Crippen molar-refractivity contribution in [3.63, 3.8) is 0 Å². The summed E-state index contributed by atoms with van der Waals surface area (Å²) in [6.45, 7) is 0. The minimum Gasteiger partial charge on any atom is -0.366 e. The number of benzene rings is 2. The molecule has 1 aliphatic heterocycles. The first-order valence-electron chi connectivity index (χ1n) is 11.7. The van der Waals surface area contributed by atoms with Gasteiger partial charge in [0.1, 0.15) is 4.83 Å². The first-order chi connectivity index (χ1) is 16.6. The fraction of sp³-hybridized carbons (Fsp3) is 0.296. The zero-order valence-electron chi connectivity index (χ0n) is 18.6. The first kappa shape index (κ1) is 21.8. The molecule has 0 fully saturated rings. The fourth-order valence-corrected chi connectivity index (χ4v) is 7.78. The van der Waals surface area contributed by atoms with Crippen molar-refractivity contribution in [2.45, 2.75) is 54.7 Å². The molecule has 1 N–H and O–H groups in total. The van der Waals surface area contributed by atoms with Gasteiger partial charge in [0.25, 0.3) is 5.56 Å². The average Bonchev–Trinajstić information content (AvgIpc) is 3.05. The van der Waals surface area contributed by atoms with Crippen molar-refractivity contribution in [2.24, 2.45) is 0 Å². The number of carbonyl (C=O) groups excluding carboxylic acids is 1. The Hall–Kier alpha value is -2.74. The van der Waals surface area contributed by atoms with Gasteiger partial charge in [0, 0.05) is 22.4 Å². The number of aromatic nitrogens is 2. The van der Waals surface area contributed by atoms with Gasteiger partial charge in [-0.2, -0.15) is 0 Å². The van der Waals surface area contributed by atoms with E-state index in [0.717, 1.165) is 42.5 Å². The normalized spacial score (nSPS) is 22.1. The standard InChI is InChI=1S/C27H24N2O3S2/c30-23(17-10-4-1-5-11-17)21-16-27(32,18-12-6-2-7-13-18)29-25(31)22-19-14-8-3-9-15-20(19)33-24(22)28-26(29)34-21/h1-2,4-7,10-13,21,32H,3,8-9,14-16H2/t21-,27+/m1/s1. The van der Waals surface area contributed by atoms with E-state index in [0.29, 0.717) is 21.7 Å². The molecule has 6 rings (SSSR count). The number of rotatable bonds is 3. The smallest absolute Gasteiger partial charge is 0.265 e. The molecule has 0 bridgehead atoms. The predicted molar refractivity (Wildman–Crippen MR) is 136 cm³/mol. The Morgan fingerprint density at radius 1 is 1.00 bits per heavy atom. The van der Waals surface area contributed by atoms with Gasteiger partial charge < -0.3 is 5.11 Å². The highest BCUT2D eigenvalue weighted by Crippen LogP contribution is 2.44. The third kappa shape index (κ3) is 3.45. The van der Waals surface area contributed by atoms with Crippen LogP contribution in [0.3, 0.4) is 0 Å². The highest BCUT2D eigenvalue weighted by molar-refractivity contribution is 8.00. The van der Waals surface area contributed by atoms with Crippen LogP contribution in [0.1, 0.15) is 52.0 Å². The topological polar surface area (TPSA) is 72.2 Å². The van der Waals surface area contributed by atoms with Gasteiger partial charge in [-0.1, -0.05) is 78.8 Å². The fourth-order valence-electron chi connectivity index (χ4n) is 5.17. The Morgan fingerprint density at radius 3 is 2.47 bits per heavy atom. The molecule has 0 saturated heterocycles. The molecule has 0 amide bonds. The van der Waals surface area contributed by atoms with E-state index in [4.69, 9.17) is 4.98 Å². The Morgan fingerprint density at radius 2 is 1.71 bits per heavy atom. The van der Waals surface area contributed by atoms with Crippen LogP contribution in [0.25, 0.3) is 10.2 Å². The van der Waals surface area contributed by atoms with Crippen LogP contribution in [0.5, 0.6) is 0 Å². The molecule has 2 aromatic carbocycles. The molecule has 172 valence electrons. The third-order valence-electron chi connectivity index (χ3n) is 6.88. The van der Waals surface area contributed by atoms with Crippen LogP contribution in [0.15, 0.2) is 70.6 Å². The molecule has 34 heavy (non-hydrogen) atoms. The maximum atomic E-state index is 14.0. The molecule has 5 nitrogen and oxygen atoms in total. The number of Topliss-reactive ketones (excluding diaryl/α,β-unsaturated/α-hetero) is 1. The molecule has 0 unspecified atom stereocenters. The lowest BCUT2D eigenvalue weighted by Gasteiger charge is -2.38. The van der Waals surface area contributed by atoms with Gasteiger partial charge in [0.2, 0.25) is 0 Å². The lowest BCUT2D eigenvalue weighted by molar-refractivity contribution is -0.0187. The number of ketones is 1. The van der Waals surface area contributed by atoms with Crippen molar-refractivity contribution >= 4 is 39.1 Å². The Kier molecular flexibility index (Phi) is 5.43. The average molecular weight is 489 g/mol. The van der Waals surface area contributed by atoms with Crippen LogP contribution in [0, 0.1) is 0 Å². The van der Waals surface area contributed by atoms with Crippen molar-refractivity contribution in [3.05, 3.63) is 92.6 Å². The summed E-state index contributed by atoms with van der Waals surface area (Å²) in [6.07, 6.45) is 5.29. The van der Waals surface area contributed by atoms with E-state index >= 15 is 0 Å². The Labute approximate surface area is 205 Å². The summed E-state index contributed by atoms with van der Waals surface area (Å²) in [5.74, 6) is -0.0671. The first-order valence-corrected chi connectivity index (χ1v) is 13.4. The molecule has 0 saturated carbocycles. The summed E-state index contributed by atoms with van der Waals surface area (Å²) in [7, 11) is 0. The second-order valence-electron chi connectivity index (χ2n) is 9.00. The van der Waals surface area contributed by atoms with Gasteiger partial charge in [-0.05, 0) is 31.2 Å². The van der Waals surface area contributed by atoms with Crippen LogP contribution in [0.2, 0.25) is 0 Å².